The molecule has 1 N–H and O–H groups in total. The summed E-state index contributed by atoms with van der Waals surface area (Å²) in [6.45, 7) is 3.07. The largest absolute Gasteiger partial charge is 0.388 e. The molecule has 0 aromatic rings. The van der Waals surface area contributed by atoms with Crippen molar-refractivity contribution in [2.24, 2.45) is 0 Å². The van der Waals surface area contributed by atoms with Crippen molar-refractivity contribution in [1.82, 2.24) is 5.32 Å². The van der Waals surface area contributed by atoms with E-state index >= 15 is 0 Å². The number of thiocarbonyl (C=S) groups is 1. The van der Waals surface area contributed by atoms with Crippen LogP contribution >= 0.6 is 12.2 Å². The first-order valence-electron chi connectivity index (χ1n) is 3.24. The third kappa shape index (κ3) is 2.14. The summed E-state index contributed by atoms with van der Waals surface area (Å²) in [6, 6.07) is 0. The van der Waals surface area contributed by atoms with Gasteiger partial charge in [0.15, 0.2) is 0 Å². The number of allylic oxidation sites excluding steroid dienone is 2. The molecule has 1 fully saturated rings. The molecule has 0 radical (unpaired) electrons. The van der Waals surface area contributed by atoms with Crippen molar-refractivity contribution in [3.8, 4) is 0 Å². The maximum Gasteiger partial charge on any atom is 0.0147 e. The van der Waals surface area contributed by atoms with Gasteiger partial charge in [0.2, 0.25) is 0 Å². The highest BCUT2D eigenvalue weighted by Gasteiger charge is 2.03. The summed E-state index contributed by atoms with van der Waals surface area (Å²) in [5.74, 6) is 0. The second-order valence-electron chi connectivity index (χ2n) is 2.31. The monoisotopic (exact) mass is 141 g/mol. The molecule has 1 rings (SSSR count). The van der Waals surface area contributed by atoms with E-state index in [9.17, 15) is 0 Å². The second kappa shape index (κ2) is 2.97. The van der Waals surface area contributed by atoms with Crippen molar-refractivity contribution in [3.05, 3.63) is 11.8 Å². The van der Waals surface area contributed by atoms with Crippen molar-refractivity contribution in [2.45, 2.75) is 19.8 Å². The number of nitrogens with one attached hydrogen (secondary N) is 1. The zero-order valence-electron chi connectivity index (χ0n) is 5.61. The highest BCUT2D eigenvalue weighted by Crippen LogP contribution is 2.07. The zero-order valence-corrected chi connectivity index (χ0v) is 6.42. The first kappa shape index (κ1) is 6.75. The Morgan fingerprint density at radius 3 is 3.00 bits per heavy atom. The normalized spacial score (nSPS) is 22.1. The Morgan fingerprint density at radius 2 is 2.56 bits per heavy atom. The maximum absolute atomic E-state index is 4.92. The highest BCUT2D eigenvalue weighted by molar-refractivity contribution is 7.80. The lowest BCUT2D eigenvalue weighted by Gasteiger charge is -1.94. The van der Waals surface area contributed by atoms with Crippen LogP contribution in [0.5, 0.6) is 0 Å². The Bertz CT molecular complexity index is 141. The van der Waals surface area contributed by atoms with Crippen molar-refractivity contribution >= 4 is 17.1 Å². The second-order valence-corrected chi connectivity index (χ2v) is 2.95. The van der Waals surface area contributed by atoms with E-state index in [0.717, 1.165) is 11.4 Å². The van der Waals surface area contributed by atoms with Gasteiger partial charge in [-0.2, -0.15) is 0 Å². The quantitative estimate of drug-likeness (QED) is 0.440. The molecule has 0 spiro atoms. The summed E-state index contributed by atoms with van der Waals surface area (Å²) in [7, 11) is 0. The minimum absolute atomic E-state index is 0.972. The molecule has 1 aliphatic heterocycles. The molecule has 1 saturated heterocycles. The molecule has 1 nitrogen and oxygen atoms in total. The van der Waals surface area contributed by atoms with Gasteiger partial charge in [0.1, 0.15) is 0 Å². The van der Waals surface area contributed by atoms with Crippen molar-refractivity contribution in [2.75, 3.05) is 6.54 Å². The molecule has 0 unspecified atom stereocenters. The van der Waals surface area contributed by atoms with E-state index in [1.54, 1.807) is 0 Å². The van der Waals surface area contributed by atoms with Crippen LogP contribution in [0.25, 0.3) is 0 Å². The predicted octanol–water partition coefficient (Wildman–Crippen LogP) is 1.64. The van der Waals surface area contributed by atoms with Gasteiger partial charge in [0.05, 0.1) is 0 Å². The molecular formula is C7H11NS. The van der Waals surface area contributed by atoms with Crippen LogP contribution in [-0.2, 0) is 0 Å². The number of hydrogen-bond acceptors (Lipinski definition) is 2. The minimum atomic E-state index is 0.972. The van der Waals surface area contributed by atoms with E-state index in [4.69, 9.17) is 12.2 Å². The number of hydrogen-bond donors (Lipinski definition) is 1. The molecule has 0 aromatic heterocycles. The summed E-state index contributed by atoms with van der Waals surface area (Å²) in [4.78, 5) is 0.972. The predicted molar refractivity (Wildman–Crippen MR) is 43.6 cm³/mol. The Kier molecular flexibility index (Phi) is 2.22. The van der Waals surface area contributed by atoms with E-state index in [2.05, 4.69) is 5.32 Å². The molecule has 50 valence electrons. The molecule has 0 aromatic carbocycles. The topological polar surface area (TPSA) is 12.0 Å². The Balaban J connectivity index is 2.49. The van der Waals surface area contributed by atoms with E-state index in [0.29, 0.717) is 0 Å². The van der Waals surface area contributed by atoms with E-state index in [-0.39, 0.29) is 0 Å². The third-order valence-corrected chi connectivity index (χ3v) is 1.47. The van der Waals surface area contributed by atoms with Gasteiger partial charge in [-0.1, -0.05) is 12.2 Å². The van der Waals surface area contributed by atoms with E-state index in [1.165, 1.54) is 18.5 Å². The Hall–Kier alpha value is -0.370. The molecular weight excluding hydrogens is 130 g/mol. The fourth-order valence-corrected chi connectivity index (χ4v) is 1.13. The fourth-order valence-electron chi connectivity index (χ4n) is 0.985. The summed E-state index contributed by atoms with van der Waals surface area (Å²) in [5.41, 5.74) is 1.31. The summed E-state index contributed by atoms with van der Waals surface area (Å²) in [5, 5.41) is 3.26. The van der Waals surface area contributed by atoms with E-state index in [1.807, 2.05) is 13.0 Å². The molecule has 0 atom stereocenters. The van der Waals surface area contributed by atoms with Gasteiger partial charge in [-0.25, -0.2) is 0 Å². The standard InChI is InChI=1S/C7H11NS/c1-6(9)5-7-3-2-4-8-7/h5,8H,2-4H2,1H3/b7-5+. The van der Waals surface area contributed by atoms with Crippen LogP contribution in [0, 0.1) is 0 Å². The van der Waals surface area contributed by atoms with Gasteiger partial charge in [-0.3, -0.25) is 0 Å². The molecule has 9 heavy (non-hydrogen) atoms. The lowest BCUT2D eigenvalue weighted by atomic mass is 10.3. The van der Waals surface area contributed by atoms with E-state index < -0.39 is 0 Å². The first-order valence-corrected chi connectivity index (χ1v) is 3.65. The Morgan fingerprint density at radius 1 is 1.78 bits per heavy atom. The van der Waals surface area contributed by atoms with Gasteiger partial charge in [-0.15, -0.1) is 0 Å². The van der Waals surface area contributed by atoms with Crippen LogP contribution in [0.1, 0.15) is 19.8 Å². The Labute approximate surface area is 61.1 Å². The average molecular weight is 141 g/mol. The minimum Gasteiger partial charge on any atom is -0.388 e. The summed E-state index contributed by atoms with van der Waals surface area (Å²) < 4.78 is 0. The number of rotatable bonds is 1. The third-order valence-electron chi connectivity index (χ3n) is 1.35. The summed E-state index contributed by atoms with van der Waals surface area (Å²) in [6.07, 6.45) is 4.48. The smallest absolute Gasteiger partial charge is 0.0147 e. The van der Waals surface area contributed by atoms with Crippen LogP contribution in [0.15, 0.2) is 11.8 Å². The van der Waals surface area contributed by atoms with Crippen molar-refractivity contribution in [3.63, 3.8) is 0 Å². The highest BCUT2D eigenvalue weighted by atomic mass is 32.1. The van der Waals surface area contributed by atoms with Gasteiger partial charge < -0.3 is 5.32 Å². The average Bonchev–Trinajstić information content (AvgIpc) is 2.15. The molecule has 0 saturated carbocycles. The van der Waals surface area contributed by atoms with Crippen LogP contribution in [0.4, 0.5) is 0 Å². The van der Waals surface area contributed by atoms with Gasteiger partial charge in [-0.05, 0) is 25.8 Å². The molecule has 2 heteroatoms. The molecule has 1 heterocycles. The SMILES string of the molecule is CC(=S)/C=C1\CCCN1. The molecule has 0 aliphatic carbocycles. The van der Waals surface area contributed by atoms with Crippen molar-refractivity contribution in [1.29, 1.82) is 0 Å². The van der Waals surface area contributed by atoms with Crippen LogP contribution in [0.3, 0.4) is 0 Å². The zero-order chi connectivity index (χ0) is 6.69. The lowest BCUT2D eigenvalue weighted by molar-refractivity contribution is 0.904. The molecule has 0 amide bonds. The van der Waals surface area contributed by atoms with Gasteiger partial charge in [0, 0.05) is 17.1 Å². The molecule has 0 bridgehead atoms. The molecule has 1 aliphatic rings. The maximum atomic E-state index is 4.92. The van der Waals surface area contributed by atoms with Gasteiger partial charge >= 0.3 is 0 Å². The lowest BCUT2D eigenvalue weighted by Crippen LogP contribution is -2.04. The first-order chi connectivity index (χ1) is 4.29. The van der Waals surface area contributed by atoms with Gasteiger partial charge in [0.25, 0.3) is 0 Å². The van der Waals surface area contributed by atoms with Crippen molar-refractivity contribution < 1.29 is 0 Å². The van der Waals surface area contributed by atoms with Crippen LogP contribution in [-0.4, -0.2) is 11.4 Å². The van der Waals surface area contributed by atoms with Crippen LogP contribution < -0.4 is 5.32 Å². The summed E-state index contributed by atoms with van der Waals surface area (Å²) >= 11 is 4.92. The fraction of sp³-hybridized carbons (Fsp3) is 0.571. The van der Waals surface area contributed by atoms with Crippen LogP contribution in [0.2, 0.25) is 0 Å².